The molecule has 0 spiro atoms. The summed E-state index contributed by atoms with van der Waals surface area (Å²) in [5, 5.41) is 8.39. The van der Waals surface area contributed by atoms with Crippen molar-refractivity contribution in [1.82, 2.24) is 25.8 Å². The summed E-state index contributed by atoms with van der Waals surface area (Å²) in [4.78, 5) is 55.6. The fraction of sp³-hybridized carbons (Fsp3) is 0.467. The monoisotopic (exact) mass is 571 g/mol. The van der Waals surface area contributed by atoms with Crippen molar-refractivity contribution in [1.29, 1.82) is 0 Å². The Balaban J connectivity index is 1.88. The lowest BCUT2D eigenvalue weighted by Gasteiger charge is -2.32. The molecule has 41 heavy (non-hydrogen) atoms. The van der Waals surface area contributed by atoms with Crippen molar-refractivity contribution in [3.63, 3.8) is 0 Å². The zero-order chi connectivity index (χ0) is 30.1. The molecule has 3 N–H and O–H groups in total. The van der Waals surface area contributed by atoms with Gasteiger partial charge in [-0.3, -0.25) is 24.1 Å². The zero-order valence-electron chi connectivity index (χ0n) is 24.0. The molecule has 1 aliphatic rings. The zero-order valence-corrected chi connectivity index (χ0v) is 24.0. The van der Waals surface area contributed by atoms with Crippen molar-refractivity contribution in [3.8, 4) is 0 Å². The highest BCUT2D eigenvalue weighted by Crippen LogP contribution is 2.16. The molecule has 222 valence electrons. The van der Waals surface area contributed by atoms with Gasteiger partial charge in [-0.2, -0.15) is 0 Å². The van der Waals surface area contributed by atoms with Gasteiger partial charge in [0.1, 0.15) is 23.7 Å². The summed E-state index contributed by atoms with van der Waals surface area (Å²) in [7, 11) is 1.46. The number of likely N-dealkylation sites (N-methyl/N-ethyl adjacent to an activating group) is 1. The molecule has 1 saturated heterocycles. The molecule has 0 aromatic heterocycles. The molecule has 2 aromatic rings. The van der Waals surface area contributed by atoms with Crippen LogP contribution in [0, 0.1) is 17.6 Å². The van der Waals surface area contributed by atoms with E-state index >= 15 is 0 Å². The molecular formula is C30H39F2N5O4. The van der Waals surface area contributed by atoms with Gasteiger partial charge in [0, 0.05) is 44.7 Å². The number of carbonyl (C=O) groups excluding carboxylic acids is 4. The molecule has 1 aliphatic heterocycles. The summed E-state index contributed by atoms with van der Waals surface area (Å²) in [6, 6.07) is 9.99. The quantitative estimate of drug-likeness (QED) is 0.509. The van der Waals surface area contributed by atoms with Gasteiger partial charge in [-0.15, -0.1) is 0 Å². The first-order valence-electron chi connectivity index (χ1n) is 13.8. The minimum Gasteiger partial charge on any atom is -0.354 e. The van der Waals surface area contributed by atoms with Crippen LogP contribution in [-0.2, 0) is 32.1 Å². The van der Waals surface area contributed by atoms with Crippen molar-refractivity contribution in [2.45, 2.75) is 58.3 Å². The highest BCUT2D eigenvalue weighted by atomic mass is 19.1. The molecule has 0 radical (unpaired) electrons. The summed E-state index contributed by atoms with van der Waals surface area (Å²) in [5.41, 5.74) is 1.07. The highest BCUT2D eigenvalue weighted by molar-refractivity contribution is 5.93. The number of rotatable bonds is 5. The number of halogens is 2. The summed E-state index contributed by atoms with van der Waals surface area (Å²) < 4.78 is 28.0. The Morgan fingerprint density at radius 1 is 0.976 bits per heavy atom. The minimum absolute atomic E-state index is 0.0154. The van der Waals surface area contributed by atoms with Crippen molar-refractivity contribution in [3.05, 3.63) is 71.3 Å². The molecular weight excluding hydrogens is 532 g/mol. The van der Waals surface area contributed by atoms with Gasteiger partial charge in [-0.05, 0) is 30.9 Å². The lowest BCUT2D eigenvalue weighted by molar-refractivity contribution is -0.140. The first kappa shape index (κ1) is 31.7. The van der Waals surface area contributed by atoms with E-state index in [1.54, 1.807) is 25.7 Å². The molecule has 1 fully saturated rings. The van der Waals surface area contributed by atoms with E-state index in [0.29, 0.717) is 13.0 Å². The maximum absolute atomic E-state index is 14.5. The second kappa shape index (κ2) is 14.7. The highest BCUT2D eigenvalue weighted by Gasteiger charge is 2.32. The maximum atomic E-state index is 14.5. The number of nitrogens with one attached hydrogen (secondary N) is 3. The average molecular weight is 572 g/mol. The first-order chi connectivity index (χ1) is 19.5. The third-order valence-corrected chi connectivity index (χ3v) is 7.16. The number of amides is 4. The molecule has 4 amide bonds. The molecule has 2 aromatic carbocycles. The summed E-state index contributed by atoms with van der Waals surface area (Å²) in [5.74, 6) is -3.51. The molecule has 0 aliphatic carbocycles. The second-order valence-electron chi connectivity index (χ2n) is 10.8. The van der Waals surface area contributed by atoms with Gasteiger partial charge in [0.15, 0.2) is 0 Å². The molecule has 3 rings (SSSR count). The van der Waals surface area contributed by atoms with Crippen molar-refractivity contribution in [2.75, 3.05) is 26.7 Å². The van der Waals surface area contributed by atoms with Gasteiger partial charge in [0.25, 0.3) is 0 Å². The molecule has 1 heterocycles. The summed E-state index contributed by atoms with van der Waals surface area (Å²) in [6.07, 6.45) is 0.668. The Bertz CT molecular complexity index is 1230. The minimum atomic E-state index is -0.913. The van der Waals surface area contributed by atoms with Gasteiger partial charge in [-0.25, -0.2) is 8.78 Å². The Morgan fingerprint density at radius 3 is 2.34 bits per heavy atom. The Kier molecular flexibility index (Phi) is 11.3. The molecule has 0 bridgehead atoms. The normalized spacial score (nSPS) is 22.3. The van der Waals surface area contributed by atoms with Crippen LogP contribution in [0.25, 0.3) is 0 Å². The van der Waals surface area contributed by atoms with E-state index in [1.165, 1.54) is 18.0 Å². The predicted octanol–water partition coefficient (Wildman–Crippen LogP) is 2.00. The van der Waals surface area contributed by atoms with E-state index < -0.39 is 47.5 Å². The van der Waals surface area contributed by atoms with E-state index in [9.17, 15) is 28.0 Å². The maximum Gasteiger partial charge on any atom is 0.245 e. The molecule has 0 saturated carbocycles. The Labute approximate surface area is 239 Å². The SMILES string of the molecule is CC(C)[C@@H]1NC(=O)[C@@H](C)N(Cc2ccc(F)cc2F)CCCNC(=O)[C@H](Cc2ccccc2)NC(=O)CN(C)C1=O. The smallest absolute Gasteiger partial charge is 0.245 e. The van der Waals surface area contributed by atoms with Crippen LogP contribution in [-0.4, -0.2) is 78.2 Å². The summed E-state index contributed by atoms with van der Waals surface area (Å²) >= 11 is 0. The summed E-state index contributed by atoms with van der Waals surface area (Å²) in [6.45, 7) is 5.46. The molecule has 9 nitrogen and oxygen atoms in total. The standard InChI is InChI=1S/C30H39F2N5O4/c1-19(2)27-30(41)36(4)18-26(38)34-25(15-21-9-6-5-7-10-21)29(40)33-13-8-14-37(20(3)28(39)35-27)17-22-11-12-23(31)16-24(22)32/h5-7,9-12,16,19-20,25,27H,8,13-15,17-18H2,1-4H3,(H,33,40)(H,34,38)(H,35,39)/t20-,25+,27+/m1/s1. The van der Waals surface area contributed by atoms with Crippen LogP contribution >= 0.6 is 0 Å². The average Bonchev–Trinajstić information content (AvgIpc) is 2.93. The number of hydrogen-bond donors (Lipinski definition) is 3. The van der Waals surface area contributed by atoms with E-state index in [2.05, 4.69) is 16.0 Å². The predicted molar refractivity (Wildman–Crippen MR) is 150 cm³/mol. The van der Waals surface area contributed by atoms with Crippen LogP contribution in [0.5, 0.6) is 0 Å². The first-order valence-corrected chi connectivity index (χ1v) is 13.8. The van der Waals surface area contributed by atoms with E-state index in [4.69, 9.17) is 0 Å². The Hall–Kier alpha value is -3.86. The Morgan fingerprint density at radius 2 is 1.68 bits per heavy atom. The topological polar surface area (TPSA) is 111 Å². The number of benzene rings is 2. The van der Waals surface area contributed by atoms with Crippen LogP contribution < -0.4 is 16.0 Å². The third kappa shape index (κ3) is 9.07. The van der Waals surface area contributed by atoms with Gasteiger partial charge < -0.3 is 20.9 Å². The molecule has 3 atom stereocenters. The number of carbonyl (C=O) groups is 4. The van der Waals surface area contributed by atoms with Crippen molar-refractivity contribution < 1.29 is 28.0 Å². The number of hydrogen-bond acceptors (Lipinski definition) is 5. The van der Waals surface area contributed by atoms with E-state index in [0.717, 1.165) is 17.7 Å². The number of nitrogens with zero attached hydrogens (tertiary/aromatic N) is 2. The van der Waals surface area contributed by atoms with Crippen LogP contribution in [0.4, 0.5) is 8.78 Å². The van der Waals surface area contributed by atoms with Gasteiger partial charge in [0.05, 0.1) is 12.6 Å². The van der Waals surface area contributed by atoms with Crippen LogP contribution in [0.1, 0.15) is 38.3 Å². The van der Waals surface area contributed by atoms with E-state index in [-0.39, 0.29) is 43.4 Å². The van der Waals surface area contributed by atoms with Crippen molar-refractivity contribution in [2.24, 2.45) is 5.92 Å². The van der Waals surface area contributed by atoms with Crippen LogP contribution in [0.2, 0.25) is 0 Å². The lowest BCUT2D eigenvalue weighted by Crippen LogP contribution is -2.57. The van der Waals surface area contributed by atoms with Gasteiger partial charge >= 0.3 is 0 Å². The van der Waals surface area contributed by atoms with Crippen molar-refractivity contribution >= 4 is 23.6 Å². The van der Waals surface area contributed by atoms with Crippen LogP contribution in [0.15, 0.2) is 48.5 Å². The van der Waals surface area contributed by atoms with E-state index in [1.807, 2.05) is 30.3 Å². The lowest BCUT2D eigenvalue weighted by atomic mass is 10.0. The molecule has 0 unspecified atom stereocenters. The third-order valence-electron chi connectivity index (χ3n) is 7.16. The second-order valence-corrected chi connectivity index (χ2v) is 10.8. The fourth-order valence-corrected chi connectivity index (χ4v) is 4.68. The van der Waals surface area contributed by atoms with Gasteiger partial charge in [-0.1, -0.05) is 50.2 Å². The largest absolute Gasteiger partial charge is 0.354 e. The van der Waals surface area contributed by atoms with Crippen LogP contribution in [0.3, 0.4) is 0 Å². The molecule has 11 heteroatoms. The fourth-order valence-electron chi connectivity index (χ4n) is 4.68. The van der Waals surface area contributed by atoms with Gasteiger partial charge in [0.2, 0.25) is 23.6 Å².